The summed E-state index contributed by atoms with van der Waals surface area (Å²) in [6.07, 6.45) is 7.81. The standard InChI is InChI=1S/C12H19NS2/c1-2-3-8-14-11-9-6-4-5-7-10(9)15-12(11)13/h2-8,13H2,1H3. The second-order valence-electron chi connectivity index (χ2n) is 4.11. The Labute approximate surface area is 100 Å². The van der Waals surface area contributed by atoms with Crippen LogP contribution in [0.15, 0.2) is 4.90 Å². The monoisotopic (exact) mass is 241 g/mol. The molecule has 0 amide bonds. The van der Waals surface area contributed by atoms with E-state index in [9.17, 15) is 0 Å². The van der Waals surface area contributed by atoms with Crippen molar-refractivity contribution in [3.8, 4) is 0 Å². The second kappa shape index (κ2) is 5.26. The van der Waals surface area contributed by atoms with E-state index in [1.54, 1.807) is 10.4 Å². The average molecular weight is 241 g/mol. The quantitative estimate of drug-likeness (QED) is 0.634. The highest BCUT2D eigenvalue weighted by molar-refractivity contribution is 7.99. The summed E-state index contributed by atoms with van der Waals surface area (Å²) in [4.78, 5) is 2.99. The molecule has 84 valence electrons. The number of thiophene rings is 1. The summed E-state index contributed by atoms with van der Waals surface area (Å²) in [5, 5.41) is 1.07. The number of hydrogen-bond donors (Lipinski definition) is 1. The van der Waals surface area contributed by atoms with Gasteiger partial charge in [-0.15, -0.1) is 23.1 Å². The summed E-state index contributed by atoms with van der Waals surface area (Å²) >= 11 is 3.81. The van der Waals surface area contributed by atoms with Gasteiger partial charge in [0.15, 0.2) is 0 Å². The van der Waals surface area contributed by atoms with Gasteiger partial charge in [-0.05, 0) is 43.4 Å². The van der Waals surface area contributed by atoms with Crippen LogP contribution in [0.25, 0.3) is 0 Å². The van der Waals surface area contributed by atoms with Gasteiger partial charge in [-0.25, -0.2) is 0 Å². The predicted octanol–water partition coefficient (Wildman–Crippen LogP) is 4.10. The van der Waals surface area contributed by atoms with Crippen molar-refractivity contribution in [1.29, 1.82) is 0 Å². The number of fused-ring (bicyclic) bond motifs is 1. The topological polar surface area (TPSA) is 26.0 Å². The smallest absolute Gasteiger partial charge is 0.100 e. The molecule has 0 aliphatic heterocycles. The molecule has 15 heavy (non-hydrogen) atoms. The minimum atomic E-state index is 1.07. The lowest BCUT2D eigenvalue weighted by Gasteiger charge is -2.12. The first-order valence-corrected chi connectivity index (χ1v) is 7.66. The fourth-order valence-electron chi connectivity index (χ4n) is 2.04. The molecule has 0 fully saturated rings. The van der Waals surface area contributed by atoms with Crippen molar-refractivity contribution in [1.82, 2.24) is 0 Å². The number of nitrogens with two attached hydrogens (primary N) is 1. The van der Waals surface area contributed by atoms with Crippen molar-refractivity contribution in [2.45, 2.75) is 50.3 Å². The first kappa shape index (κ1) is 11.3. The van der Waals surface area contributed by atoms with Crippen molar-refractivity contribution in [2.24, 2.45) is 0 Å². The summed E-state index contributed by atoms with van der Waals surface area (Å²) in [7, 11) is 0. The van der Waals surface area contributed by atoms with E-state index in [0.717, 1.165) is 5.00 Å². The molecule has 0 saturated heterocycles. The maximum atomic E-state index is 6.10. The van der Waals surface area contributed by atoms with Crippen molar-refractivity contribution in [2.75, 3.05) is 11.5 Å². The number of nitrogen functional groups attached to an aromatic ring is 1. The molecule has 0 radical (unpaired) electrons. The third-order valence-corrected chi connectivity index (χ3v) is 5.39. The minimum absolute atomic E-state index is 1.07. The Balaban J connectivity index is 2.11. The Morgan fingerprint density at radius 2 is 2.13 bits per heavy atom. The fraction of sp³-hybridized carbons (Fsp3) is 0.667. The van der Waals surface area contributed by atoms with Crippen molar-refractivity contribution < 1.29 is 0 Å². The van der Waals surface area contributed by atoms with Crippen LogP contribution in [-0.2, 0) is 12.8 Å². The fourth-order valence-corrected chi connectivity index (χ4v) is 4.64. The Kier molecular flexibility index (Phi) is 3.98. The van der Waals surface area contributed by atoms with Crippen LogP contribution in [0.4, 0.5) is 5.00 Å². The van der Waals surface area contributed by atoms with E-state index in [-0.39, 0.29) is 0 Å². The molecular weight excluding hydrogens is 222 g/mol. The third-order valence-electron chi connectivity index (χ3n) is 2.89. The molecule has 1 nitrogen and oxygen atoms in total. The van der Waals surface area contributed by atoms with Gasteiger partial charge in [-0.1, -0.05) is 13.3 Å². The molecule has 3 heteroatoms. The predicted molar refractivity (Wildman–Crippen MR) is 71.0 cm³/mol. The van der Waals surface area contributed by atoms with Gasteiger partial charge in [0.1, 0.15) is 5.00 Å². The number of unbranched alkanes of at least 4 members (excludes halogenated alkanes) is 1. The Bertz CT molecular complexity index is 331. The molecule has 1 aliphatic rings. The van der Waals surface area contributed by atoms with E-state index >= 15 is 0 Å². The van der Waals surface area contributed by atoms with Gasteiger partial charge < -0.3 is 5.73 Å². The second-order valence-corrected chi connectivity index (χ2v) is 6.35. The van der Waals surface area contributed by atoms with E-state index < -0.39 is 0 Å². The van der Waals surface area contributed by atoms with Crippen LogP contribution < -0.4 is 5.73 Å². The first-order valence-electron chi connectivity index (χ1n) is 5.85. The van der Waals surface area contributed by atoms with Gasteiger partial charge in [0.2, 0.25) is 0 Å². The third kappa shape index (κ3) is 2.51. The molecule has 2 rings (SSSR count). The van der Waals surface area contributed by atoms with Crippen LogP contribution in [0.3, 0.4) is 0 Å². The molecule has 0 spiro atoms. The maximum Gasteiger partial charge on any atom is 0.100 e. The molecule has 0 aromatic carbocycles. The first-order chi connectivity index (χ1) is 7.33. The van der Waals surface area contributed by atoms with Crippen LogP contribution in [-0.4, -0.2) is 5.75 Å². The number of hydrogen-bond acceptors (Lipinski definition) is 3. The molecule has 0 bridgehead atoms. The van der Waals surface area contributed by atoms with E-state index in [0.29, 0.717) is 0 Å². The van der Waals surface area contributed by atoms with Crippen LogP contribution in [0, 0.1) is 0 Å². The summed E-state index contributed by atoms with van der Waals surface area (Å²) in [5.74, 6) is 1.23. The molecular formula is C12H19NS2. The van der Waals surface area contributed by atoms with Crippen LogP contribution in [0.1, 0.15) is 43.0 Å². The Morgan fingerprint density at radius 3 is 2.93 bits per heavy atom. The molecule has 0 unspecified atom stereocenters. The van der Waals surface area contributed by atoms with Crippen molar-refractivity contribution >= 4 is 28.1 Å². The van der Waals surface area contributed by atoms with E-state index in [4.69, 9.17) is 5.73 Å². The van der Waals surface area contributed by atoms with E-state index in [1.165, 1.54) is 49.2 Å². The van der Waals surface area contributed by atoms with Gasteiger partial charge >= 0.3 is 0 Å². The van der Waals surface area contributed by atoms with Crippen molar-refractivity contribution in [3.05, 3.63) is 10.4 Å². The number of anilines is 1. The van der Waals surface area contributed by atoms with Gasteiger partial charge in [0.25, 0.3) is 0 Å². The Hall–Kier alpha value is -0.150. The van der Waals surface area contributed by atoms with E-state index in [1.807, 2.05) is 23.1 Å². The molecule has 0 atom stereocenters. The minimum Gasteiger partial charge on any atom is -0.390 e. The lowest BCUT2D eigenvalue weighted by Crippen LogP contribution is -1.99. The summed E-state index contributed by atoms with van der Waals surface area (Å²) < 4.78 is 0. The summed E-state index contributed by atoms with van der Waals surface area (Å²) in [6, 6.07) is 0. The SMILES string of the molecule is CCCCSc1c(N)sc2c1CCCC2. The van der Waals surface area contributed by atoms with Crippen molar-refractivity contribution in [3.63, 3.8) is 0 Å². The average Bonchev–Trinajstić information content (AvgIpc) is 2.56. The highest BCUT2D eigenvalue weighted by atomic mass is 32.2. The lowest BCUT2D eigenvalue weighted by atomic mass is 9.99. The summed E-state index contributed by atoms with van der Waals surface area (Å²) in [6.45, 7) is 2.24. The molecule has 2 N–H and O–H groups in total. The molecule has 1 aromatic heterocycles. The van der Waals surface area contributed by atoms with E-state index in [2.05, 4.69) is 6.92 Å². The Morgan fingerprint density at radius 1 is 1.33 bits per heavy atom. The highest BCUT2D eigenvalue weighted by Crippen LogP contribution is 2.42. The number of thioether (sulfide) groups is 1. The zero-order valence-electron chi connectivity index (χ0n) is 9.34. The molecule has 1 heterocycles. The number of rotatable bonds is 4. The highest BCUT2D eigenvalue weighted by Gasteiger charge is 2.19. The van der Waals surface area contributed by atoms with Crippen LogP contribution >= 0.6 is 23.1 Å². The zero-order chi connectivity index (χ0) is 10.7. The molecule has 1 aliphatic carbocycles. The molecule has 0 saturated carbocycles. The summed E-state index contributed by atoms with van der Waals surface area (Å²) in [5.41, 5.74) is 7.69. The zero-order valence-corrected chi connectivity index (χ0v) is 11.0. The van der Waals surface area contributed by atoms with Gasteiger partial charge in [0, 0.05) is 9.77 Å². The van der Waals surface area contributed by atoms with Gasteiger partial charge in [0.05, 0.1) is 0 Å². The maximum absolute atomic E-state index is 6.10. The van der Waals surface area contributed by atoms with Crippen LogP contribution in [0.2, 0.25) is 0 Å². The largest absolute Gasteiger partial charge is 0.390 e. The molecule has 1 aromatic rings. The van der Waals surface area contributed by atoms with Gasteiger partial charge in [-0.3, -0.25) is 0 Å². The normalized spacial score (nSPS) is 15.3. The van der Waals surface area contributed by atoms with Gasteiger partial charge in [-0.2, -0.15) is 0 Å². The van der Waals surface area contributed by atoms with Crippen LogP contribution in [0.5, 0.6) is 0 Å². The number of aryl methyl sites for hydroxylation is 1. The lowest BCUT2D eigenvalue weighted by molar-refractivity contribution is 0.689.